The smallest absolute Gasteiger partial charge is 0.191 e. The van der Waals surface area contributed by atoms with Crippen LogP contribution in [-0.2, 0) is 6.54 Å². The number of phenols is 1. The first-order chi connectivity index (χ1) is 9.69. The lowest BCUT2D eigenvalue weighted by Gasteiger charge is -2.24. The number of phenolic OH excluding ortho intramolecular Hbond substituents is 1. The maximum atomic E-state index is 13.2. The number of nitrogens with zero attached hydrogens (tertiary/aromatic N) is 1. The van der Waals surface area contributed by atoms with E-state index >= 15 is 0 Å². The number of aromatic hydroxyl groups is 1. The van der Waals surface area contributed by atoms with Gasteiger partial charge in [0.1, 0.15) is 0 Å². The van der Waals surface area contributed by atoms with E-state index in [1.165, 1.54) is 24.3 Å². The van der Waals surface area contributed by atoms with Crippen molar-refractivity contribution in [2.75, 3.05) is 18.6 Å². The summed E-state index contributed by atoms with van der Waals surface area (Å²) in [6, 6.07) is 4.82. The Balaban J connectivity index is 0.00000220. The van der Waals surface area contributed by atoms with Gasteiger partial charge in [-0.2, -0.15) is 11.8 Å². The summed E-state index contributed by atoms with van der Waals surface area (Å²) in [5.41, 5.74) is 0.765. The van der Waals surface area contributed by atoms with Gasteiger partial charge in [-0.25, -0.2) is 4.39 Å². The van der Waals surface area contributed by atoms with Crippen LogP contribution in [-0.4, -0.2) is 35.7 Å². The lowest BCUT2D eigenvalue weighted by molar-refractivity contribution is 0.431. The summed E-state index contributed by atoms with van der Waals surface area (Å²) in [5.74, 6) is 2.13. The van der Waals surface area contributed by atoms with Gasteiger partial charge < -0.3 is 15.7 Å². The van der Waals surface area contributed by atoms with Gasteiger partial charge in [0.25, 0.3) is 0 Å². The van der Waals surface area contributed by atoms with E-state index in [0.29, 0.717) is 12.6 Å². The predicted molar refractivity (Wildman–Crippen MR) is 97.2 cm³/mol. The van der Waals surface area contributed by atoms with Crippen LogP contribution in [0.15, 0.2) is 23.2 Å². The van der Waals surface area contributed by atoms with Crippen LogP contribution in [0, 0.1) is 5.82 Å². The summed E-state index contributed by atoms with van der Waals surface area (Å²) < 4.78 is 13.2. The maximum absolute atomic E-state index is 13.2. The summed E-state index contributed by atoms with van der Waals surface area (Å²) in [4.78, 5) is 4.18. The molecule has 0 aromatic heterocycles. The second kappa shape index (κ2) is 9.34. The van der Waals surface area contributed by atoms with Gasteiger partial charge in [0.2, 0.25) is 0 Å². The quantitative estimate of drug-likeness (QED) is 0.396. The fourth-order valence-corrected chi connectivity index (χ4v) is 3.16. The highest BCUT2D eigenvalue weighted by Crippen LogP contribution is 2.17. The van der Waals surface area contributed by atoms with Gasteiger partial charge in [-0.1, -0.05) is 6.07 Å². The average molecular weight is 425 g/mol. The number of rotatable bonds is 3. The van der Waals surface area contributed by atoms with Crippen LogP contribution in [0.1, 0.15) is 18.4 Å². The Morgan fingerprint density at radius 3 is 2.95 bits per heavy atom. The van der Waals surface area contributed by atoms with Crippen molar-refractivity contribution in [3.63, 3.8) is 0 Å². The molecule has 4 nitrogen and oxygen atoms in total. The van der Waals surface area contributed by atoms with E-state index in [2.05, 4.69) is 15.6 Å². The van der Waals surface area contributed by atoms with Crippen molar-refractivity contribution in [3.05, 3.63) is 29.6 Å². The van der Waals surface area contributed by atoms with Gasteiger partial charge in [-0.3, -0.25) is 4.99 Å². The van der Waals surface area contributed by atoms with Gasteiger partial charge in [0.15, 0.2) is 17.5 Å². The molecular weight excluding hydrogens is 404 g/mol. The number of hydrogen-bond acceptors (Lipinski definition) is 3. The molecule has 2 rings (SSSR count). The number of hydrogen-bond donors (Lipinski definition) is 3. The zero-order valence-electron chi connectivity index (χ0n) is 11.9. The molecule has 1 unspecified atom stereocenters. The molecule has 0 radical (unpaired) electrons. The summed E-state index contributed by atoms with van der Waals surface area (Å²) in [6.07, 6.45) is 2.38. The SMILES string of the molecule is CN=C(NCc1ccc(O)c(F)c1)NC1CCCSC1.I. The molecule has 1 saturated heterocycles. The molecule has 1 heterocycles. The highest BCUT2D eigenvalue weighted by Gasteiger charge is 2.14. The Hall–Kier alpha value is -0.700. The van der Waals surface area contributed by atoms with E-state index < -0.39 is 5.82 Å². The molecule has 0 amide bonds. The molecule has 1 aliphatic heterocycles. The molecule has 7 heteroatoms. The summed E-state index contributed by atoms with van der Waals surface area (Å²) in [6.45, 7) is 0.469. The molecule has 0 saturated carbocycles. The third kappa shape index (κ3) is 5.90. The fraction of sp³-hybridized carbons (Fsp3) is 0.500. The first-order valence-electron chi connectivity index (χ1n) is 6.71. The van der Waals surface area contributed by atoms with Crippen molar-refractivity contribution in [3.8, 4) is 5.75 Å². The van der Waals surface area contributed by atoms with Crippen LogP contribution in [0.3, 0.4) is 0 Å². The van der Waals surface area contributed by atoms with Crippen molar-refractivity contribution in [1.29, 1.82) is 0 Å². The second-order valence-corrected chi connectivity index (χ2v) is 5.92. The molecule has 21 heavy (non-hydrogen) atoms. The highest BCUT2D eigenvalue weighted by atomic mass is 127. The van der Waals surface area contributed by atoms with Crippen LogP contribution < -0.4 is 10.6 Å². The van der Waals surface area contributed by atoms with Crippen molar-refractivity contribution in [2.45, 2.75) is 25.4 Å². The minimum Gasteiger partial charge on any atom is -0.505 e. The van der Waals surface area contributed by atoms with Crippen molar-refractivity contribution >= 4 is 41.7 Å². The van der Waals surface area contributed by atoms with Crippen LogP contribution in [0.5, 0.6) is 5.75 Å². The molecular formula is C14H21FIN3OS. The minimum atomic E-state index is -0.601. The molecule has 1 aliphatic rings. The number of thioether (sulfide) groups is 1. The molecule has 0 spiro atoms. The van der Waals surface area contributed by atoms with E-state index in [9.17, 15) is 4.39 Å². The zero-order valence-corrected chi connectivity index (χ0v) is 15.1. The van der Waals surface area contributed by atoms with Gasteiger partial charge in [0, 0.05) is 25.4 Å². The van der Waals surface area contributed by atoms with Crippen LogP contribution in [0.2, 0.25) is 0 Å². The first kappa shape index (κ1) is 18.3. The number of halogens is 2. The second-order valence-electron chi connectivity index (χ2n) is 4.77. The van der Waals surface area contributed by atoms with Crippen molar-refractivity contribution < 1.29 is 9.50 Å². The van der Waals surface area contributed by atoms with Gasteiger partial charge >= 0.3 is 0 Å². The topological polar surface area (TPSA) is 56.7 Å². The van der Waals surface area contributed by atoms with E-state index in [1.54, 1.807) is 13.1 Å². The summed E-state index contributed by atoms with van der Waals surface area (Å²) >= 11 is 1.95. The predicted octanol–water partition coefficient (Wildman–Crippen LogP) is 2.71. The number of aliphatic imine (C=N–C) groups is 1. The largest absolute Gasteiger partial charge is 0.505 e. The number of benzene rings is 1. The fourth-order valence-electron chi connectivity index (χ4n) is 2.09. The lowest BCUT2D eigenvalue weighted by atomic mass is 10.2. The first-order valence-corrected chi connectivity index (χ1v) is 7.87. The highest BCUT2D eigenvalue weighted by molar-refractivity contribution is 14.0. The normalized spacial score (nSPS) is 18.8. The Kier molecular flexibility index (Phi) is 8.16. The third-order valence-electron chi connectivity index (χ3n) is 3.20. The van der Waals surface area contributed by atoms with Crippen LogP contribution in [0.25, 0.3) is 0 Å². The molecule has 1 aromatic rings. The summed E-state index contributed by atoms with van der Waals surface area (Å²) in [7, 11) is 1.72. The lowest BCUT2D eigenvalue weighted by Crippen LogP contribution is -2.45. The van der Waals surface area contributed by atoms with Gasteiger partial charge in [-0.15, -0.1) is 24.0 Å². The molecule has 1 fully saturated rings. The Morgan fingerprint density at radius 2 is 2.33 bits per heavy atom. The van der Waals surface area contributed by atoms with Crippen molar-refractivity contribution in [2.24, 2.45) is 4.99 Å². The average Bonchev–Trinajstić information content (AvgIpc) is 2.48. The zero-order chi connectivity index (χ0) is 14.4. The number of guanidine groups is 1. The van der Waals surface area contributed by atoms with Crippen LogP contribution in [0.4, 0.5) is 4.39 Å². The standard InChI is InChI=1S/C14H20FN3OS.HI/c1-16-14(18-11-3-2-6-20-9-11)17-8-10-4-5-13(19)12(15)7-10;/h4-5,7,11,19H,2-3,6,8-9H2,1H3,(H2,16,17,18);1H. The van der Waals surface area contributed by atoms with E-state index in [4.69, 9.17) is 5.11 Å². The molecule has 118 valence electrons. The summed E-state index contributed by atoms with van der Waals surface area (Å²) in [5, 5.41) is 15.7. The molecule has 1 atom stereocenters. The molecule has 1 aromatic carbocycles. The van der Waals surface area contributed by atoms with Gasteiger partial charge in [-0.05, 0) is 36.3 Å². The molecule has 0 aliphatic carbocycles. The van der Waals surface area contributed by atoms with Crippen molar-refractivity contribution in [1.82, 2.24) is 10.6 Å². The molecule has 3 N–H and O–H groups in total. The van der Waals surface area contributed by atoms with E-state index in [-0.39, 0.29) is 29.7 Å². The number of nitrogens with one attached hydrogen (secondary N) is 2. The maximum Gasteiger partial charge on any atom is 0.191 e. The Bertz CT molecular complexity index is 481. The van der Waals surface area contributed by atoms with E-state index in [0.717, 1.165) is 23.7 Å². The van der Waals surface area contributed by atoms with Gasteiger partial charge in [0.05, 0.1) is 0 Å². The van der Waals surface area contributed by atoms with Crippen LogP contribution >= 0.6 is 35.7 Å². The Labute approximate surface area is 146 Å². The minimum absolute atomic E-state index is 0. The van der Waals surface area contributed by atoms with E-state index in [1.807, 2.05) is 11.8 Å². The Morgan fingerprint density at radius 1 is 1.52 bits per heavy atom. The molecule has 0 bridgehead atoms. The third-order valence-corrected chi connectivity index (χ3v) is 4.41. The monoisotopic (exact) mass is 425 g/mol.